The van der Waals surface area contributed by atoms with E-state index >= 15 is 0 Å². The Morgan fingerprint density at radius 2 is 1.86 bits per heavy atom. The predicted octanol–water partition coefficient (Wildman–Crippen LogP) is 1.30. The van der Waals surface area contributed by atoms with E-state index in [9.17, 15) is 14.4 Å². The highest BCUT2D eigenvalue weighted by molar-refractivity contribution is 9.10. The van der Waals surface area contributed by atoms with Crippen LogP contribution in [0.2, 0.25) is 0 Å². The largest absolute Gasteiger partial charge is 0.466 e. The van der Waals surface area contributed by atoms with Crippen LogP contribution in [0, 0.1) is 0 Å². The molecule has 1 aromatic rings. The van der Waals surface area contributed by atoms with Crippen LogP contribution in [0.4, 0.5) is 0 Å². The molecule has 6 nitrogen and oxygen atoms in total. The fraction of sp³-hybridized carbons (Fsp3) is 0.400. The smallest absolute Gasteiger partial charge is 0.306 e. The summed E-state index contributed by atoms with van der Waals surface area (Å²) in [5.41, 5.74) is 6.18. The lowest BCUT2D eigenvalue weighted by atomic mass is 10.1. The molecule has 0 radical (unpaired) electrons. The van der Waals surface area contributed by atoms with Gasteiger partial charge < -0.3 is 15.8 Å². The van der Waals surface area contributed by atoms with Crippen molar-refractivity contribution in [2.24, 2.45) is 5.73 Å². The van der Waals surface area contributed by atoms with E-state index in [4.69, 9.17) is 10.5 Å². The molecule has 1 rings (SSSR count). The molecule has 0 bridgehead atoms. The summed E-state index contributed by atoms with van der Waals surface area (Å²) in [5.74, 6) is -1.47. The van der Waals surface area contributed by atoms with Gasteiger partial charge in [-0.2, -0.15) is 0 Å². The summed E-state index contributed by atoms with van der Waals surface area (Å²) < 4.78 is 5.66. The van der Waals surface area contributed by atoms with Crippen molar-refractivity contribution in [3.8, 4) is 0 Å². The first-order valence-electron chi connectivity index (χ1n) is 6.91. The van der Waals surface area contributed by atoms with Crippen molar-refractivity contribution in [3.05, 3.63) is 34.3 Å². The number of esters is 1. The average Bonchev–Trinajstić information content (AvgIpc) is 2.47. The topological polar surface area (TPSA) is 98.5 Å². The van der Waals surface area contributed by atoms with Gasteiger partial charge in [0.1, 0.15) is 6.04 Å². The number of nitrogens with one attached hydrogen (secondary N) is 1. The lowest BCUT2D eigenvalue weighted by molar-refractivity contribution is -0.144. The number of benzene rings is 1. The van der Waals surface area contributed by atoms with E-state index in [0.29, 0.717) is 6.42 Å². The van der Waals surface area contributed by atoms with Crippen molar-refractivity contribution in [1.82, 2.24) is 5.32 Å². The van der Waals surface area contributed by atoms with Gasteiger partial charge >= 0.3 is 5.97 Å². The molecular formula is C15H19BrN2O4. The van der Waals surface area contributed by atoms with Crippen LogP contribution in [0.3, 0.4) is 0 Å². The number of rotatable bonds is 8. The average molecular weight is 371 g/mol. The van der Waals surface area contributed by atoms with E-state index in [2.05, 4.69) is 21.2 Å². The molecule has 120 valence electrons. The Morgan fingerprint density at radius 1 is 1.23 bits per heavy atom. The number of amides is 2. The number of nitrogens with two attached hydrogens (primary N) is 1. The van der Waals surface area contributed by atoms with E-state index in [1.807, 2.05) is 24.3 Å². The number of ether oxygens (including phenoxy) is 1. The van der Waals surface area contributed by atoms with Crippen molar-refractivity contribution in [2.45, 2.75) is 32.2 Å². The van der Waals surface area contributed by atoms with E-state index in [-0.39, 0.29) is 19.4 Å². The highest BCUT2D eigenvalue weighted by atomic mass is 79.9. The first-order valence-corrected chi connectivity index (χ1v) is 7.70. The highest BCUT2D eigenvalue weighted by Crippen LogP contribution is 2.12. The Labute approximate surface area is 137 Å². The molecule has 0 heterocycles. The van der Waals surface area contributed by atoms with E-state index in [0.717, 1.165) is 10.0 Å². The minimum absolute atomic E-state index is 0.0244. The van der Waals surface area contributed by atoms with E-state index in [1.165, 1.54) is 0 Å². The number of hydrogen-bond donors (Lipinski definition) is 2. The second-order valence-corrected chi connectivity index (χ2v) is 5.57. The van der Waals surface area contributed by atoms with Crippen LogP contribution in [0.15, 0.2) is 28.7 Å². The molecule has 0 aliphatic carbocycles. The fourth-order valence-electron chi connectivity index (χ4n) is 1.79. The number of carbonyl (C=O) groups excluding carboxylic acids is 3. The highest BCUT2D eigenvalue weighted by Gasteiger charge is 2.19. The standard InChI is InChI=1S/C15H19BrN2O4/c1-2-22-14(20)8-7-13(19)18-12(15(17)21)9-10-3-5-11(16)6-4-10/h3-6,12H,2,7-9H2,1H3,(H2,17,21)(H,18,19)/t12-/m0/s1. The third-order valence-corrected chi connectivity index (χ3v) is 3.42. The molecule has 0 saturated carbocycles. The molecule has 0 aliphatic rings. The first kappa shape index (κ1) is 18.2. The van der Waals surface area contributed by atoms with Gasteiger partial charge in [0.25, 0.3) is 0 Å². The van der Waals surface area contributed by atoms with Gasteiger partial charge in [0, 0.05) is 17.3 Å². The number of primary amides is 1. The Kier molecular flexibility index (Phi) is 7.59. The van der Waals surface area contributed by atoms with Crippen LogP contribution >= 0.6 is 15.9 Å². The van der Waals surface area contributed by atoms with Crippen molar-refractivity contribution < 1.29 is 19.1 Å². The van der Waals surface area contributed by atoms with Gasteiger partial charge in [-0.3, -0.25) is 14.4 Å². The maximum Gasteiger partial charge on any atom is 0.306 e. The number of halogens is 1. The Hall–Kier alpha value is -1.89. The molecule has 1 aromatic carbocycles. The molecule has 0 unspecified atom stereocenters. The summed E-state index contributed by atoms with van der Waals surface area (Å²) in [6.45, 7) is 1.97. The Morgan fingerprint density at radius 3 is 2.41 bits per heavy atom. The van der Waals surface area contributed by atoms with Gasteiger partial charge in [0.15, 0.2) is 0 Å². The molecular weight excluding hydrogens is 352 g/mol. The first-order chi connectivity index (χ1) is 10.4. The molecule has 1 atom stereocenters. The van der Waals surface area contributed by atoms with Crippen LogP contribution in [0.5, 0.6) is 0 Å². The monoisotopic (exact) mass is 370 g/mol. The van der Waals surface area contributed by atoms with Crippen LogP contribution in [-0.4, -0.2) is 30.4 Å². The third kappa shape index (κ3) is 6.71. The number of carbonyl (C=O) groups is 3. The zero-order valence-electron chi connectivity index (χ0n) is 12.3. The molecule has 3 N–H and O–H groups in total. The van der Waals surface area contributed by atoms with Gasteiger partial charge in [0.05, 0.1) is 13.0 Å². The zero-order chi connectivity index (χ0) is 16.5. The van der Waals surface area contributed by atoms with Gasteiger partial charge in [-0.15, -0.1) is 0 Å². The second kappa shape index (κ2) is 9.19. The summed E-state index contributed by atoms with van der Waals surface area (Å²) in [7, 11) is 0. The molecule has 2 amide bonds. The Bertz CT molecular complexity index is 531. The maximum absolute atomic E-state index is 11.8. The predicted molar refractivity (Wildman–Crippen MR) is 84.8 cm³/mol. The summed E-state index contributed by atoms with van der Waals surface area (Å²) in [4.78, 5) is 34.4. The lowest BCUT2D eigenvalue weighted by Crippen LogP contribution is -2.45. The summed E-state index contributed by atoms with van der Waals surface area (Å²) in [6, 6.07) is 6.55. The molecule has 0 saturated heterocycles. The lowest BCUT2D eigenvalue weighted by Gasteiger charge is -2.15. The van der Waals surface area contributed by atoms with E-state index < -0.39 is 23.8 Å². The van der Waals surface area contributed by atoms with Gasteiger partial charge in [-0.1, -0.05) is 28.1 Å². The summed E-state index contributed by atoms with van der Waals surface area (Å²) >= 11 is 3.32. The van der Waals surface area contributed by atoms with Crippen molar-refractivity contribution in [1.29, 1.82) is 0 Å². The van der Waals surface area contributed by atoms with Crippen LogP contribution in [-0.2, 0) is 25.5 Å². The molecule has 7 heteroatoms. The summed E-state index contributed by atoms with van der Waals surface area (Å²) in [6.07, 6.45) is 0.236. The van der Waals surface area contributed by atoms with Gasteiger partial charge in [-0.05, 0) is 24.6 Å². The van der Waals surface area contributed by atoms with Crippen LogP contribution in [0.25, 0.3) is 0 Å². The molecule has 0 aliphatic heterocycles. The maximum atomic E-state index is 11.8. The van der Waals surface area contributed by atoms with Crippen molar-refractivity contribution in [2.75, 3.05) is 6.61 Å². The molecule has 0 aromatic heterocycles. The normalized spacial score (nSPS) is 11.5. The van der Waals surface area contributed by atoms with Crippen LogP contribution in [0.1, 0.15) is 25.3 Å². The second-order valence-electron chi connectivity index (χ2n) is 4.66. The minimum atomic E-state index is -0.809. The van der Waals surface area contributed by atoms with Crippen molar-refractivity contribution >= 4 is 33.7 Å². The van der Waals surface area contributed by atoms with Gasteiger partial charge in [-0.25, -0.2) is 0 Å². The molecule has 22 heavy (non-hydrogen) atoms. The Balaban J connectivity index is 2.53. The van der Waals surface area contributed by atoms with Crippen LogP contribution < -0.4 is 11.1 Å². The third-order valence-electron chi connectivity index (χ3n) is 2.89. The molecule has 0 spiro atoms. The van der Waals surface area contributed by atoms with Gasteiger partial charge in [0.2, 0.25) is 11.8 Å². The van der Waals surface area contributed by atoms with E-state index in [1.54, 1.807) is 6.92 Å². The fourth-order valence-corrected chi connectivity index (χ4v) is 2.06. The minimum Gasteiger partial charge on any atom is -0.466 e. The SMILES string of the molecule is CCOC(=O)CCC(=O)N[C@@H](Cc1ccc(Br)cc1)C(N)=O. The van der Waals surface area contributed by atoms with Crippen molar-refractivity contribution in [3.63, 3.8) is 0 Å². The zero-order valence-corrected chi connectivity index (χ0v) is 13.9. The molecule has 0 fully saturated rings. The number of hydrogen-bond acceptors (Lipinski definition) is 4. The summed E-state index contributed by atoms with van der Waals surface area (Å²) in [5, 5.41) is 2.54. The quantitative estimate of drug-likeness (QED) is 0.673.